The molecule has 0 atom stereocenters. The maximum absolute atomic E-state index is 12.7. The number of hydrogen-bond acceptors (Lipinski definition) is 6. The maximum Gasteiger partial charge on any atom is 0.524 e. The van der Waals surface area contributed by atoms with Gasteiger partial charge in [0.25, 0.3) is 10.0 Å². The van der Waals surface area contributed by atoms with E-state index in [4.69, 9.17) is 9.47 Å². The van der Waals surface area contributed by atoms with Crippen molar-refractivity contribution < 1.29 is 36.8 Å². The molecule has 0 fully saturated rings. The van der Waals surface area contributed by atoms with Crippen LogP contribution < -0.4 is 18.7 Å². The van der Waals surface area contributed by atoms with Crippen molar-refractivity contribution in [3.8, 4) is 23.0 Å². The van der Waals surface area contributed by atoms with E-state index in [1.54, 1.807) is 36.4 Å². The standard InChI is InChI=1S/C20H20NO8PS/c1-14-3-10-18(11-4-14)31(25,26)21-19-12-9-17(13-20(19)29-30(22,23)24)28-16-7-5-15(27-2)6-8-16/h3-13,21H,1-2H3,(H2,22,23,24). The fourth-order valence-corrected chi connectivity index (χ4v) is 4.03. The predicted octanol–water partition coefficient (Wildman–Crippen LogP) is 4.07. The van der Waals surface area contributed by atoms with Crippen LogP contribution in [-0.4, -0.2) is 25.3 Å². The topological polar surface area (TPSA) is 131 Å². The van der Waals surface area contributed by atoms with Crippen molar-refractivity contribution in [1.29, 1.82) is 0 Å². The Bertz CT molecular complexity index is 1200. The summed E-state index contributed by atoms with van der Waals surface area (Å²) in [5.74, 6) is 0.830. The van der Waals surface area contributed by atoms with Gasteiger partial charge in [0.1, 0.15) is 17.2 Å². The minimum Gasteiger partial charge on any atom is -0.497 e. The minimum absolute atomic E-state index is 0.0150. The van der Waals surface area contributed by atoms with Crippen molar-refractivity contribution in [2.24, 2.45) is 0 Å². The molecule has 0 aromatic heterocycles. The van der Waals surface area contributed by atoms with Gasteiger partial charge in [-0.3, -0.25) is 14.5 Å². The molecule has 3 rings (SSSR count). The van der Waals surface area contributed by atoms with Crippen molar-refractivity contribution in [3.63, 3.8) is 0 Å². The molecule has 0 spiro atoms. The molecule has 0 aliphatic carbocycles. The van der Waals surface area contributed by atoms with E-state index in [9.17, 15) is 22.8 Å². The van der Waals surface area contributed by atoms with Crippen molar-refractivity contribution in [2.75, 3.05) is 11.8 Å². The predicted molar refractivity (Wildman–Crippen MR) is 114 cm³/mol. The zero-order valence-corrected chi connectivity index (χ0v) is 18.3. The number of hydrogen-bond donors (Lipinski definition) is 3. The second kappa shape index (κ2) is 8.99. The third kappa shape index (κ3) is 6.22. The van der Waals surface area contributed by atoms with E-state index in [1.165, 1.54) is 37.4 Å². The Kier molecular flexibility index (Phi) is 6.56. The molecule has 31 heavy (non-hydrogen) atoms. The number of nitrogens with one attached hydrogen (secondary N) is 1. The number of aryl methyl sites for hydroxylation is 1. The van der Waals surface area contributed by atoms with Crippen molar-refractivity contribution in [2.45, 2.75) is 11.8 Å². The molecule has 0 unspecified atom stereocenters. The number of phosphoric ester groups is 1. The Labute approximate surface area is 179 Å². The zero-order valence-electron chi connectivity index (χ0n) is 16.6. The molecule has 0 heterocycles. The first-order chi connectivity index (χ1) is 14.6. The van der Waals surface area contributed by atoms with Gasteiger partial charge in [-0.15, -0.1) is 0 Å². The summed E-state index contributed by atoms with van der Waals surface area (Å²) in [4.78, 5) is 18.5. The lowest BCUT2D eigenvalue weighted by molar-refractivity contribution is 0.283. The smallest absolute Gasteiger partial charge is 0.497 e. The first-order valence-electron chi connectivity index (χ1n) is 8.86. The fourth-order valence-electron chi connectivity index (χ4n) is 2.56. The number of sulfonamides is 1. The van der Waals surface area contributed by atoms with Gasteiger partial charge >= 0.3 is 7.82 Å². The van der Waals surface area contributed by atoms with Crippen LogP contribution in [0, 0.1) is 6.92 Å². The van der Waals surface area contributed by atoms with Gasteiger partial charge in [0.2, 0.25) is 0 Å². The quantitative estimate of drug-likeness (QED) is 0.424. The summed E-state index contributed by atoms with van der Waals surface area (Å²) < 4.78 is 54.4. The second-order valence-electron chi connectivity index (χ2n) is 6.44. The normalized spacial score (nSPS) is 11.6. The molecule has 3 N–H and O–H groups in total. The summed E-state index contributed by atoms with van der Waals surface area (Å²) in [5.41, 5.74) is 0.718. The van der Waals surface area contributed by atoms with Crippen LogP contribution in [0.3, 0.4) is 0 Å². The zero-order chi connectivity index (χ0) is 22.6. The third-order valence-corrected chi connectivity index (χ3v) is 5.86. The van der Waals surface area contributed by atoms with Crippen LogP contribution in [0.15, 0.2) is 71.6 Å². The number of rotatable bonds is 8. The first kappa shape index (κ1) is 22.6. The Hall–Kier alpha value is -3.04. The molecule has 164 valence electrons. The average molecular weight is 465 g/mol. The van der Waals surface area contributed by atoms with Crippen molar-refractivity contribution >= 4 is 23.5 Å². The molecule has 0 amide bonds. The Morgan fingerprint density at radius 2 is 1.45 bits per heavy atom. The summed E-state index contributed by atoms with van der Waals surface area (Å²) in [6, 6.07) is 16.6. The highest BCUT2D eigenvalue weighted by Crippen LogP contribution is 2.43. The summed E-state index contributed by atoms with van der Waals surface area (Å²) in [5, 5.41) is 0. The lowest BCUT2D eigenvalue weighted by Crippen LogP contribution is -2.13. The molecule has 0 saturated heterocycles. The number of phosphoric acid groups is 1. The highest BCUT2D eigenvalue weighted by molar-refractivity contribution is 7.92. The molecule has 0 aliphatic heterocycles. The van der Waals surface area contributed by atoms with Gasteiger partial charge in [0, 0.05) is 6.07 Å². The highest BCUT2D eigenvalue weighted by atomic mass is 32.2. The number of ether oxygens (including phenoxy) is 2. The summed E-state index contributed by atoms with van der Waals surface area (Å²) >= 11 is 0. The van der Waals surface area contributed by atoms with Crippen LogP contribution in [-0.2, 0) is 14.6 Å². The molecule has 0 saturated carbocycles. The lowest BCUT2D eigenvalue weighted by atomic mass is 10.2. The van der Waals surface area contributed by atoms with E-state index in [0.717, 1.165) is 5.56 Å². The average Bonchev–Trinajstić information content (AvgIpc) is 2.70. The van der Waals surface area contributed by atoms with E-state index in [0.29, 0.717) is 11.5 Å². The van der Waals surface area contributed by atoms with E-state index < -0.39 is 23.6 Å². The highest BCUT2D eigenvalue weighted by Gasteiger charge is 2.22. The summed E-state index contributed by atoms with van der Waals surface area (Å²) in [6.07, 6.45) is 0. The molecule has 0 bridgehead atoms. The van der Waals surface area contributed by atoms with Crippen molar-refractivity contribution in [1.82, 2.24) is 0 Å². The number of anilines is 1. The largest absolute Gasteiger partial charge is 0.524 e. The van der Waals surface area contributed by atoms with Gasteiger partial charge in [0.05, 0.1) is 17.7 Å². The number of benzene rings is 3. The number of methoxy groups -OCH3 is 1. The molecular formula is C20H20NO8PS. The second-order valence-corrected chi connectivity index (χ2v) is 9.28. The van der Waals surface area contributed by atoms with E-state index in [-0.39, 0.29) is 16.3 Å². The Morgan fingerprint density at radius 1 is 0.871 bits per heavy atom. The van der Waals surface area contributed by atoms with Gasteiger partial charge in [-0.25, -0.2) is 13.0 Å². The van der Waals surface area contributed by atoms with Gasteiger partial charge in [-0.1, -0.05) is 17.7 Å². The molecule has 3 aromatic carbocycles. The molecule has 3 aromatic rings. The van der Waals surface area contributed by atoms with Gasteiger partial charge in [0.15, 0.2) is 5.75 Å². The monoisotopic (exact) mass is 465 g/mol. The van der Waals surface area contributed by atoms with E-state index in [2.05, 4.69) is 9.25 Å². The van der Waals surface area contributed by atoms with Gasteiger partial charge in [-0.2, -0.15) is 0 Å². The van der Waals surface area contributed by atoms with Crippen LogP contribution in [0.2, 0.25) is 0 Å². The fraction of sp³-hybridized carbons (Fsp3) is 0.100. The van der Waals surface area contributed by atoms with E-state index >= 15 is 0 Å². The Morgan fingerprint density at radius 3 is 2.03 bits per heavy atom. The van der Waals surface area contributed by atoms with Crippen molar-refractivity contribution in [3.05, 3.63) is 72.3 Å². The SMILES string of the molecule is COc1ccc(Oc2ccc(NS(=O)(=O)c3ccc(C)cc3)c(OP(=O)(O)O)c2)cc1. The maximum atomic E-state index is 12.7. The third-order valence-electron chi connectivity index (χ3n) is 4.04. The van der Waals surface area contributed by atoms with Crippen LogP contribution in [0.4, 0.5) is 5.69 Å². The van der Waals surface area contributed by atoms with E-state index in [1.807, 2.05) is 6.92 Å². The molecule has 9 nitrogen and oxygen atoms in total. The van der Waals surface area contributed by atoms with Gasteiger partial charge in [-0.05, 0) is 55.5 Å². The lowest BCUT2D eigenvalue weighted by Gasteiger charge is -2.16. The molecular weight excluding hydrogens is 445 g/mol. The Balaban J connectivity index is 1.91. The summed E-state index contributed by atoms with van der Waals surface area (Å²) in [7, 11) is -7.48. The van der Waals surface area contributed by atoms with Crippen LogP contribution in [0.25, 0.3) is 0 Å². The van der Waals surface area contributed by atoms with Crippen LogP contribution in [0.1, 0.15) is 5.56 Å². The molecule has 0 radical (unpaired) electrons. The molecule has 0 aliphatic rings. The summed E-state index contributed by atoms with van der Waals surface area (Å²) in [6.45, 7) is 1.82. The first-order valence-corrected chi connectivity index (χ1v) is 11.9. The van der Waals surface area contributed by atoms with Gasteiger partial charge < -0.3 is 14.0 Å². The van der Waals surface area contributed by atoms with Crippen LogP contribution >= 0.6 is 7.82 Å². The minimum atomic E-state index is -4.98. The van der Waals surface area contributed by atoms with Crippen LogP contribution in [0.5, 0.6) is 23.0 Å². The molecule has 11 heteroatoms.